The number of aliphatic hydroxyl groups is 1. The second-order valence-electron chi connectivity index (χ2n) is 4.38. The average Bonchev–Trinajstić information content (AvgIpc) is 2.95. The highest BCUT2D eigenvalue weighted by Crippen LogP contribution is 2.08. The van der Waals surface area contributed by atoms with Gasteiger partial charge in [-0.05, 0) is 5.56 Å². The van der Waals surface area contributed by atoms with Crippen LogP contribution in [0.1, 0.15) is 21.1 Å². The molecule has 0 spiro atoms. The largest absolute Gasteiger partial charge is 0.391 e. The van der Waals surface area contributed by atoms with E-state index in [1.165, 1.54) is 11.3 Å². The summed E-state index contributed by atoms with van der Waals surface area (Å²) in [7, 11) is 0. The highest BCUT2D eigenvalue weighted by Gasteiger charge is 2.12. The van der Waals surface area contributed by atoms with Gasteiger partial charge in [0.25, 0.3) is 5.91 Å². The van der Waals surface area contributed by atoms with E-state index in [-0.39, 0.29) is 12.5 Å². The summed E-state index contributed by atoms with van der Waals surface area (Å²) in [5, 5.41) is 15.0. The third-order valence-electron chi connectivity index (χ3n) is 2.77. The summed E-state index contributed by atoms with van der Waals surface area (Å²) in [6.07, 6.45) is -0.111. The van der Waals surface area contributed by atoms with Crippen LogP contribution < -0.4 is 11.1 Å². The fourth-order valence-electron chi connectivity index (χ4n) is 1.77. The highest BCUT2D eigenvalue weighted by molar-refractivity contribution is 7.09. The van der Waals surface area contributed by atoms with Gasteiger partial charge in [0.05, 0.1) is 6.10 Å². The summed E-state index contributed by atoms with van der Waals surface area (Å²) in [6.45, 7) is 0.526. The van der Waals surface area contributed by atoms with Crippen molar-refractivity contribution in [1.29, 1.82) is 0 Å². The Bertz CT molecular complexity index is 557. The molecule has 4 N–H and O–H groups in total. The van der Waals surface area contributed by atoms with Crippen molar-refractivity contribution < 1.29 is 9.90 Å². The molecule has 20 heavy (non-hydrogen) atoms. The Kier molecular flexibility index (Phi) is 5.23. The van der Waals surface area contributed by atoms with Crippen molar-refractivity contribution in [3.05, 3.63) is 52.0 Å². The molecule has 0 fully saturated rings. The summed E-state index contributed by atoms with van der Waals surface area (Å²) in [6, 6.07) is 9.65. The Morgan fingerprint density at radius 1 is 1.40 bits per heavy atom. The molecule has 6 heteroatoms. The third-order valence-corrected chi connectivity index (χ3v) is 3.64. The minimum absolute atomic E-state index is 0.198. The molecule has 1 atom stereocenters. The molecule has 1 aromatic heterocycles. The molecular formula is C14H17N3O2S. The van der Waals surface area contributed by atoms with Crippen LogP contribution >= 0.6 is 11.3 Å². The Hall–Kier alpha value is -1.76. The normalized spacial score (nSPS) is 12.1. The zero-order valence-electron chi connectivity index (χ0n) is 11.0. The first-order valence-corrected chi connectivity index (χ1v) is 7.21. The Balaban J connectivity index is 1.81. The maximum atomic E-state index is 11.8. The van der Waals surface area contributed by atoms with Crippen LogP contribution in [0.15, 0.2) is 35.7 Å². The van der Waals surface area contributed by atoms with E-state index in [4.69, 9.17) is 5.73 Å². The van der Waals surface area contributed by atoms with Crippen LogP contribution in [0, 0.1) is 0 Å². The minimum atomic E-state index is -0.617. The van der Waals surface area contributed by atoms with Gasteiger partial charge in [-0.1, -0.05) is 30.3 Å². The van der Waals surface area contributed by atoms with Gasteiger partial charge in [-0.3, -0.25) is 4.79 Å². The van der Waals surface area contributed by atoms with Crippen LogP contribution in [0.4, 0.5) is 0 Å². The lowest BCUT2D eigenvalue weighted by Gasteiger charge is -2.11. The second kappa shape index (κ2) is 7.14. The Morgan fingerprint density at radius 2 is 2.15 bits per heavy atom. The standard InChI is InChI=1S/C14H17N3O2S/c15-7-13-17-12(9-20-13)14(19)16-8-11(18)6-10-4-2-1-3-5-10/h1-5,9,11,18H,6-8,15H2,(H,16,19). The van der Waals surface area contributed by atoms with Crippen LogP contribution in [-0.4, -0.2) is 28.6 Å². The van der Waals surface area contributed by atoms with Gasteiger partial charge in [0, 0.05) is 24.9 Å². The summed E-state index contributed by atoms with van der Waals surface area (Å²) < 4.78 is 0. The maximum absolute atomic E-state index is 11.8. The molecule has 2 rings (SSSR count). The number of hydrogen-bond donors (Lipinski definition) is 3. The molecule has 0 aliphatic rings. The molecule has 2 aromatic rings. The number of carbonyl (C=O) groups is 1. The van der Waals surface area contributed by atoms with Gasteiger partial charge in [0.1, 0.15) is 10.7 Å². The molecule has 0 radical (unpaired) electrons. The smallest absolute Gasteiger partial charge is 0.270 e. The number of thiazole rings is 1. The van der Waals surface area contributed by atoms with Gasteiger partial charge in [-0.25, -0.2) is 4.98 Å². The van der Waals surface area contributed by atoms with Gasteiger partial charge in [0.2, 0.25) is 0 Å². The number of nitrogens with one attached hydrogen (secondary N) is 1. The lowest BCUT2D eigenvalue weighted by Crippen LogP contribution is -2.33. The van der Waals surface area contributed by atoms with E-state index in [1.807, 2.05) is 30.3 Å². The van der Waals surface area contributed by atoms with Gasteiger partial charge < -0.3 is 16.2 Å². The van der Waals surface area contributed by atoms with Crippen LogP contribution in [0.2, 0.25) is 0 Å². The molecule has 1 unspecified atom stereocenters. The molecule has 0 saturated carbocycles. The Morgan fingerprint density at radius 3 is 2.80 bits per heavy atom. The first-order valence-electron chi connectivity index (χ1n) is 6.33. The molecule has 106 valence electrons. The summed E-state index contributed by atoms with van der Waals surface area (Å²) in [5.74, 6) is -0.284. The lowest BCUT2D eigenvalue weighted by molar-refractivity contribution is 0.0911. The minimum Gasteiger partial charge on any atom is -0.391 e. The highest BCUT2D eigenvalue weighted by atomic mass is 32.1. The number of carbonyl (C=O) groups excluding carboxylic acids is 1. The molecule has 0 saturated heterocycles. The van der Waals surface area contributed by atoms with Crippen molar-refractivity contribution in [3.8, 4) is 0 Å². The van der Waals surface area contributed by atoms with Crippen molar-refractivity contribution >= 4 is 17.2 Å². The fraction of sp³-hybridized carbons (Fsp3) is 0.286. The van der Waals surface area contributed by atoms with E-state index < -0.39 is 6.10 Å². The zero-order chi connectivity index (χ0) is 14.4. The van der Waals surface area contributed by atoms with Gasteiger partial charge in [0.15, 0.2) is 0 Å². The van der Waals surface area contributed by atoms with E-state index in [1.54, 1.807) is 5.38 Å². The van der Waals surface area contributed by atoms with Crippen molar-refractivity contribution in [3.63, 3.8) is 0 Å². The van der Waals surface area contributed by atoms with E-state index in [9.17, 15) is 9.90 Å². The van der Waals surface area contributed by atoms with Gasteiger partial charge in [-0.15, -0.1) is 11.3 Å². The van der Waals surface area contributed by atoms with Gasteiger partial charge in [-0.2, -0.15) is 0 Å². The molecule has 0 aliphatic carbocycles. The van der Waals surface area contributed by atoms with E-state index in [0.717, 1.165) is 10.6 Å². The molecule has 0 bridgehead atoms. The predicted molar refractivity (Wildman–Crippen MR) is 78.5 cm³/mol. The maximum Gasteiger partial charge on any atom is 0.270 e. The number of hydrogen-bond acceptors (Lipinski definition) is 5. The summed E-state index contributed by atoms with van der Waals surface area (Å²) >= 11 is 1.36. The van der Waals surface area contributed by atoms with E-state index >= 15 is 0 Å². The van der Waals surface area contributed by atoms with Crippen molar-refractivity contribution in [2.45, 2.75) is 19.1 Å². The molecule has 1 heterocycles. The van der Waals surface area contributed by atoms with Crippen molar-refractivity contribution in [1.82, 2.24) is 10.3 Å². The lowest BCUT2D eigenvalue weighted by atomic mass is 10.1. The number of nitrogens with zero attached hydrogens (tertiary/aromatic N) is 1. The summed E-state index contributed by atoms with van der Waals surface area (Å²) in [5.41, 5.74) is 6.83. The molecule has 5 nitrogen and oxygen atoms in total. The van der Waals surface area contributed by atoms with Crippen molar-refractivity contribution in [2.24, 2.45) is 5.73 Å². The first-order chi connectivity index (χ1) is 9.69. The predicted octanol–water partition coefficient (Wildman–Crippen LogP) is 0.935. The Labute approximate surface area is 121 Å². The third kappa shape index (κ3) is 4.12. The molecule has 0 aliphatic heterocycles. The monoisotopic (exact) mass is 291 g/mol. The fourth-order valence-corrected chi connectivity index (χ4v) is 2.42. The number of aliphatic hydroxyl groups excluding tert-OH is 1. The number of nitrogens with two attached hydrogens (primary N) is 1. The first kappa shape index (κ1) is 14.6. The molecule has 1 aromatic carbocycles. The van der Waals surface area contributed by atoms with Crippen LogP contribution in [0.3, 0.4) is 0 Å². The van der Waals surface area contributed by atoms with Crippen LogP contribution in [0.25, 0.3) is 0 Å². The number of aromatic nitrogens is 1. The van der Waals surface area contributed by atoms with Crippen LogP contribution in [0.5, 0.6) is 0 Å². The van der Waals surface area contributed by atoms with E-state index in [0.29, 0.717) is 18.7 Å². The van der Waals surface area contributed by atoms with Crippen molar-refractivity contribution in [2.75, 3.05) is 6.54 Å². The SMILES string of the molecule is NCc1nc(C(=O)NCC(O)Cc2ccccc2)cs1. The van der Waals surface area contributed by atoms with Crippen LogP contribution in [-0.2, 0) is 13.0 Å². The summed E-state index contributed by atoms with van der Waals surface area (Å²) in [4.78, 5) is 15.9. The second-order valence-corrected chi connectivity index (χ2v) is 5.33. The number of amides is 1. The number of rotatable bonds is 6. The molecular weight excluding hydrogens is 274 g/mol. The topological polar surface area (TPSA) is 88.2 Å². The average molecular weight is 291 g/mol. The van der Waals surface area contributed by atoms with E-state index in [2.05, 4.69) is 10.3 Å². The zero-order valence-corrected chi connectivity index (χ0v) is 11.8. The number of benzene rings is 1. The van der Waals surface area contributed by atoms with Gasteiger partial charge >= 0.3 is 0 Å². The molecule has 1 amide bonds. The quantitative estimate of drug-likeness (QED) is 0.739.